The van der Waals surface area contributed by atoms with E-state index in [1.54, 1.807) is 12.3 Å². The van der Waals surface area contributed by atoms with Crippen LogP contribution in [0.5, 0.6) is 0 Å². The van der Waals surface area contributed by atoms with Crippen LogP contribution >= 0.6 is 0 Å². The van der Waals surface area contributed by atoms with Crippen molar-refractivity contribution >= 4 is 10.0 Å². The second-order valence-corrected chi connectivity index (χ2v) is 7.50. The molecule has 1 rings (SSSR count). The van der Waals surface area contributed by atoms with Gasteiger partial charge in [0.2, 0.25) is 10.0 Å². The van der Waals surface area contributed by atoms with E-state index in [1.165, 1.54) is 0 Å². The Labute approximate surface area is 129 Å². The molecule has 0 unspecified atom stereocenters. The van der Waals surface area contributed by atoms with Crippen LogP contribution in [0.25, 0.3) is 0 Å². The van der Waals surface area contributed by atoms with E-state index in [0.717, 1.165) is 18.5 Å². The van der Waals surface area contributed by atoms with Crippen molar-refractivity contribution in [1.82, 2.24) is 14.6 Å². The molecular formula is C15H29N3O2S. The van der Waals surface area contributed by atoms with Crippen molar-refractivity contribution in [3.63, 3.8) is 0 Å². The topological polar surface area (TPSA) is 63.1 Å². The highest BCUT2D eigenvalue weighted by molar-refractivity contribution is 7.89. The maximum Gasteiger partial charge on any atom is 0.242 e. The molecule has 0 fully saturated rings. The molecule has 0 saturated carbocycles. The quantitative estimate of drug-likeness (QED) is 0.736. The zero-order valence-corrected chi connectivity index (χ0v) is 14.6. The fourth-order valence-corrected chi connectivity index (χ4v) is 3.50. The average Bonchev–Trinajstić information content (AvgIpc) is 2.85. The Balaban J connectivity index is 2.95. The third kappa shape index (κ3) is 4.83. The number of hydrogen-bond donors (Lipinski definition) is 2. The molecule has 0 saturated heterocycles. The number of nitrogens with zero attached hydrogens (tertiary/aromatic N) is 1. The lowest BCUT2D eigenvalue weighted by Crippen LogP contribution is -2.28. The van der Waals surface area contributed by atoms with Crippen LogP contribution in [-0.4, -0.2) is 26.6 Å². The number of aromatic nitrogens is 1. The normalized spacial score (nSPS) is 12.5. The molecule has 21 heavy (non-hydrogen) atoms. The van der Waals surface area contributed by atoms with Gasteiger partial charge < -0.3 is 9.88 Å². The molecule has 5 nitrogen and oxygen atoms in total. The van der Waals surface area contributed by atoms with Crippen molar-refractivity contribution in [1.29, 1.82) is 0 Å². The van der Waals surface area contributed by atoms with Crippen LogP contribution in [0.3, 0.4) is 0 Å². The smallest absolute Gasteiger partial charge is 0.242 e. The molecule has 0 aliphatic carbocycles. The fourth-order valence-electron chi connectivity index (χ4n) is 2.34. The Kier molecular flexibility index (Phi) is 6.90. The molecule has 0 atom stereocenters. The summed E-state index contributed by atoms with van der Waals surface area (Å²) in [6, 6.07) is 1.99. The first kappa shape index (κ1) is 18.2. The predicted molar refractivity (Wildman–Crippen MR) is 86.8 cm³/mol. The first-order chi connectivity index (χ1) is 9.85. The predicted octanol–water partition coefficient (Wildman–Crippen LogP) is 2.50. The van der Waals surface area contributed by atoms with Crippen molar-refractivity contribution in [2.24, 2.45) is 5.92 Å². The van der Waals surface area contributed by atoms with Crippen LogP contribution in [0.15, 0.2) is 17.2 Å². The molecule has 0 spiro atoms. The van der Waals surface area contributed by atoms with E-state index in [1.807, 2.05) is 25.5 Å². The summed E-state index contributed by atoms with van der Waals surface area (Å²) in [5.41, 5.74) is 0.982. The summed E-state index contributed by atoms with van der Waals surface area (Å²) in [6.07, 6.45) is 3.70. The number of rotatable bonds is 9. The molecule has 0 amide bonds. The third-order valence-electron chi connectivity index (χ3n) is 3.85. The number of sulfonamides is 1. The summed E-state index contributed by atoms with van der Waals surface area (Å²) in [6.45, 7) is 9.43. The third-order valence-corrected chi connectivity index (χ3v) is 5.24. The van der Waals surface area contributed by atoms with Gasteiger partial charge in [-0.3, -0.25) is 0 Å². The summed E-state index contributed by atoms with van der Waals surface area (Å²) in [5, 5.41) is 3.08. The maximum absolute atomic E-state index is 12.4. The average molecular weight is 315 g/mol. The van der Waals surface area contributed by atoms with Crippen LogP contribution in [0.4, 0.5) is 0 Å². The fraction of sp³-hybridized carbons (Fsp3) is 0.733. The van der Waals surface area contributed by atoms with Gasteiger partial charge in [0, 0.05) is 31.0 Å². The Morgan fingerprint density at radius 3 is 2.33 bits per heavy atom. The summed E-state index contributed by atoms with van der Waals surface area (Å²) < 4.78 is 29.6. The summed E-state index contributed by atoms with van der Waals surface area (Å²) in [5.74, 6) is 0.392. The van der Waals surface area contributed by atoms with Crippen LogP contribution in [0.2, 0.25) is 0 Å². The molecule has 0 aliphatic rings. The molecule has 0 bridgehead atoms. The highest BCUT2D eigenvalue weighted by Crippen LogP contribution is 2.19. The molecule has 0 aliphatic heterocycles. The van der Waals surface area contributed by atoms with Gasteiger partial charge in [0.1, 0.15) is 0 Å². The van der Waals surface area contributed by atoms with Gasteiger partial charge in [-0.15, -0.1) is 0 Å². The minimum atomic E-state index is -3.43. The van der Waals surface area contributed by atoms with Gasteiger partial charge in [-0.1, -0.05) is 26.7 Å². The number of hydrogen-bond acceptors (Lipinski definition) is 3. The lowest BCUT2D eigenvalue weighted by molar-refractivity contribution is 0.478. The Morgan fingerprint density at radius 2 is 1.86 bits per heavy atom. The molecule has 122 valence electrons. The molecule has 0 aromatic carbocycles. The largest absolute Gasteiger partial charge is 0.346 e. The lowest BCUT2D eigenvalue weighted by atomic mass is 10.0. The van der Waals surface area contributed by atoms with E-state index in [4.69, 9.17) is 0 Å². The SMILES string of the molecule is CCC(CC)CNS(=O)(=O)c1cc(CNC)n(C(C)C)c1. The zero-order chi connectivity index (χ0) is 16.0. The summed E-state index contributed by atoms with van der Waals surface area (Å²) >= 11 is 0. The van der Waals surface area contributed by atoms with Gasteiger partial charge in [-0.2, -0.15) is 0 Å². The van der Waals surface area contributed by atoms with E-state index in [2.05, 4.69) is 23.9 Å². The first-order valence-corrected chi connectivity index (χ1v) is 9.19. The molecule has 0 radical (unpaired) electrons. The second kappa shape index (κ2) is 7.96. The first-order valence-electron chi connectivity index (χ1n) is 7.70. The molecule has 1 aromatic rings. The summed E-state index contributed by atoms with van der Waals surface area (Å²) in [7, 11) is -1.57. The summed E-state index contributed by atoms with van der Waals surface area (Å²) in [4.78, 5) is 0.354. The highest BCUT2D eigenvalue weighted by atomic mass is 32.2. The van der Waals surface area contributed by atoms with Crippen LogP contribution in [-0.2, 0) is 16.6 Å². The van der Waals surface area contributed by atoms with Crippen molar-refractivity contribution in [2.45, 2.75) is 58.0 Å². The van der Waals surface area contributed by atoms with E-state index in [-0.39, 0.29) is 6.04 Å². The van der Waals surface area contributed by atoms with Crippen LogP contribution in [0, 0.1) is 5.92 Å². The lowest BCUT2D eigenvalue weighted by Gasteiger charge is -2.13. The molecule has 1 aromatic heterocycles. The molecule has 2 N–H and O–H groups in total. The van der Waals surface area contributed by atoms with Gasteiger partial charge in [-0.05, 0) is 32.9 Å². The molecular weight excluding hydrogens is 286 g/mol. The van der Waals surface area contributed by atoms with Gasteiger partial charge in [0.05, 0.1) is 4.90 Å². The number of nitrogens with one attached hydrogen (secondary N) is 2. The minimum Gasteiger partial charge on any atom is -0.346 e. The van der Waals surface area contributed by atoms with Crippen LogP contribution < -0.4 is 10.0 Å². The van der Waals surface area contributed by atoms with E-state index < -0.39 is 10.0 Å². The van der Waals surface area contributed by atoms with Crippen molar-refractivity contribution in [3.05, 3.63) is 18.0 Å². The van der Waals surface area contributed by atoms with E-state index in [0.29, 0.717) is 23.9 Å². The van der Waals surface area contributed by atoms with E-state index >= 15 is 0 Å². The minimum absolute atomic E-state index is 0.233. The van der Waals surface area contributed by atoms with Gasteiger partial charge in [0.25, 0.3) is 0 Å². The zero-order valence-electron chi connectivity index (χ0n) is 13.8. The van der Waals surface area contributed by atoms with Crippen molar-refractivity contribution < 1.29 is 8.42 Å². The van der Waals surface area contributed by atoms with Gasteiger partial charge in [-0.25, -0.2) is 13.1 Å². The Morgan fingerprint density at radius 1 is 1.24 bits per heavy atom. The monoisotopic (exact) mass is 315 g/mol. The van der Waals surface area contributed by atoms with Crippen LogP contribution in [0.1, 0.15) is 52.3 Å². The Hall–Kier alpha value is -0.850. The van der Waals surface area contributed by atoms with Crippen molar-refractivity contribution in [3.8, 4) is 0 Å². The maximum atomic E-state index is 12.4. The Bertz CT molecular complexity index is 531. The standard InChI is InChI=1S/C15H29N3O2S/c1-6-13(7-2)9-17-21(19,20)15-8-14(10-16-5)18(11-15)12(3)4/h8,11-13,16-17H,6-7,9-10H2,1-5H3. The van der Waals surface area contributed by atoms with Gasteiger partial charge >= 0.3 is 0 Å². The molecule has 1 heterocycles. The molecule has 6 heteroatoms. The second-order valence-electron chi connectivity index (χ2n) is 5.73. The van der Waals surface area contributed by atoms with Gasteiger partial charge in [0.15, 0.2) is 0 Å². The van der Waals surface area contributed by atoms with Crippen molar-refractivity contribution in [2.75, 3.05) is 13.6 Å². The highest BCUT2D eigenvalue weighted by Gasteiger charge is 2.20. The van der Waals surface area contributed by atoms with E-state index in [9.17, 15) is 8.42 Å².